The second-order valence-electron chi connectivity index (χ2n) is 8.15. The largest absolute Gasteiger partial charge is 0.396 e. The first-order valence-electron chi connectivity index (χ1n) is 9.96. The molecule has 2 aromatic rings. The van der Waals surface area contributed by atoms with Gasteiger partial charge < -0.3 is 10.0 Å². The Morgan fingerprint density at radius 3 is 2.61 bits per heavy atom. The summed E-state index contributed by atoms with van der Waals surface area (Å²) in [5, 5.41) is 14.5. The molecule has 0 radical (unpaired) electrons. The van der Waals surface area contributed by atoms with Gasteiger partial charge in [-0.25, -0.2) is 4.39 Å². The average molecular weight is 387 g/mol. The molecule has 1 atom stereocenters. The molecule has 152 valence electrons. The number of hydrogen-bond donors (Lipinski definition) is 1. The zero-order chi connectivity index (χ0) is 20.3. The summed E-state index contributed by atoms with van der Waals surface area (Å²) in [7, 11) is 1.92. The second kappa shape index (κ2) is 8.43. The first-order valence-corrected chi connectivity index (χ1v) is 9.96. The fourth-order valence-electron chi connectivity index (χ4n) is 4.35. The number of piperidine rings is 1. The summed E-state index contributed by atoms with van der Waals surface area (Å²) in [5.41, 5.74) is 3.86. The van der Waals surface area contributed by atoms with E-state index < -0.39 is 0 Å². The van der Waals surface area contributed by atoms with Gasteiger partial charge in [-0.2, -0.15) is 5.10 Å². The molecule has 5 nitrogen and oxygen atoms in total. The summed E-state index contributed by atoms with van der Waals surface area (Å²) in [6, 6.07) is 6.43. The van der Waals surface area contributed by atoms with Crippen molar-refractivity contribution in [1.29, 1.82) is 0 Å². The van der Waals surface area contributed by atoms with Crippen LogP contribution in [0.3, 0.4) is 0 Å². The van der Waals surface area contributed by atoms with Crippen LogP contribution in [0, 0.1) is 25.1 Å². The van der Waals surface area contributed by atoms with E-state index in [0.29, 0.717) is 25.8 Å². The lowest BCUT2D eigenvalue weighted by Crippen LogP contribution is -2.49. The summed E-state index contributed by atoms with van der Waals surface area (Å²) < 4.78 is 15.0. The van der Waals surface area contributed by atoms with Crippen molar-refractivity contribution in [3.05, 3.63) is 52.6 Å². The molecule has 1 fully saturated rings. The Balaban J connectivity index is 1.65. The molecule has 0 spiro atoms. The van der Waals surface area contributed by atoms with Gasteiger partial charge in [0.1, 0.15) is 5.82 Å². The minimum absolute atomic E-state index is 0.0228. The van der Waals surface area contributed by atoms with Crippen LogP contribution in [0.4, 0.5) is 4.39 Å². The minimum Gasteiger partial charge on any atom is -0.396 e. The lowest BCUT2D eigenvalue weighted by Gasteiger charge is -2.42. The molecule has 0 unspecified atom stereocenters. The Bertz CT molecular complexity index is 831. The number of likely N-dealkylation sites (tertiary alicyclic amines) is 1. The van der Waals surface area contributed by atoms with Gasteiger partial charge in [0, 0.05) is 37.7 Å². The van der Waals surface area contributed by atoms with Gasteiger partial charge in [-0.1, -0.05) is 12.1 Å². The summed E-state index contributed by atoms with van der Waals surface area (Å²) in [5.74, 6) is -0.137. The highest BCUT2D eigenvalue weighted by Crippen LogP contribution is 2.34. The van der Waals surface area contributed by atoms with Gasteiger partial charge in [-0.3, -0.25) is 9.48 Å². The molecule has 0 aliphatic carbocycles. The van der Waals surface area contributed by atoms with E-state index in [1.165, 1.54) is 12.1 Å². The molecule has 2 heterocycles. The van der Waals surface area contributed by atoms with Crippen LogP contribution in [-0.4, -0.2) is 45.4 Å². The van der Waals surface area contributed by atoms with E-state index in [4.69, 9.17) is 0 Å². The minimum atomic E-state index is -0.355. The molecule has 1 aliphatic heterocycles. The molecule has 1 amide bonds. The van der Waals surface area contributed by atoms with Crippen LogP contribution in [0.1, 0.15) is 41.8 Å². The van der Waals surface area contributed by atoms with E-state index in [1.54, 1.807) is 12.1 Å². The van der Waals surface area contributed by atoms with E-state index >= 15 is 0 Å². The highest BCUT2D eigenvalue weighted by molar-refractivity contribution is 5.76. The Morgan fingerprint density at radius 1 is 1.29 bits per heavy atom. The third-order valence-corrected chi connectivity index (χ3v) is 6.09. The van der Waals surface area contributed by atoms with E-state index in [9.17, 15) is 14.3 Å². The Labute approximate surface area is 166 Å². The van der Waals surface area contributed by atoms with Crippen molar-refractivity contribution in [1.82, 2.24) is 14.7 Å². The SMILES string of the molecule is Cc1nn(C)c(C)c1CCC(=O)N1CCC[C@](CO)(Cc2ccc(F)cc2)C1. The number of carbonyl (C=O) groups excluding carboxylic acids is 1. The summed E-state index contributed by atoms with van der Waals surface area (Å²) in [6.07, 6.45) is 3.52. The van der Waals surface area contributed by atoms with Gasteiger partial charge in [0.25, 0.3) is 0 Å². The standard InChI is InChI=1S/C22H30FN3O2/c1-16-20(17(2)25(3)24-16)9-10-21(28)26-12-4-11-22(14-26,15-27)13-18-5-7-19(23)8-6-18/h5-8,27H,4,9-15H2,1-3H3/t22-/m0/s1. The van der Waals surface area contributed by atoms with Gasteiger partial charge in [0.05, 0.1) is 12.3 Å². The first-order chi connectivity index (χ1) is 13.3. The molecule has 28 heavy (non-hydrogen) atoms. The van der Waals surface area contributed by atoms with Crippen LogP contribution in [-0.2, 0) is 24.7 Å². The fraction of sp³-hybridized carbons (Fsp3) is 0.545. The smallest absolute Gasteiger partial charge is 0.222 e. The highest BCUT2D eigenvalue weighted by atomic mass is 19.1. The molecule has 1 aliphatic rings. The van der Waals surface area contributed by atoms with Crippen molar-refractivity contribution < 1.29 is 14.3 Å². The van der Waals surface area contributed by atoms with E-state index in [0.717, 1.165) is 41.9 Å². The van der Waals surface area contributed by atoms with Crippen LogP contribution in [0.15, 0.2) is 24.3 Å². The summed E-state index contributed by atoms with van der Waals surface area (Å²) >= 11 is 0. The van der Waals surface area contributed by atoms with E-state index in [1.807, 2.05) is 30.5 Å². The Morgan fingerprint density at radius 2 is 2.00 bits per heavy atom. The summed E-state index contributed by atoms with van der Waals surface area (Å²) in [4.78, 5) is 14.8. The molecule has 1 aromatic heterocycles. The first kappa shape index (κ1) is 20.5. The number of rotatable bonds is 6. The zero-order valence-electron chi connectivity index (χ0n) is 17.0. The lowest BCUT2D eigenvalue weighted by molar-refractivity contribution is -0.135. The molecule has 0 saturated carbocycles. The van der Waals surface area contributed by atoms with Gasteiger partial charge in [0.2, 0.25) is 5.91 Å². The van der Waals surface area contributed by atoms with Crippen molar-refractivity contribution in [2.75, 3.05) is 19.7 Å². The molecule has 1 N–H and O–H groups in total. The predicted molar refractivity (Wildman–Crippen MR) is 106 cm³/mol. The van der Waals surface area contributed by atoms with E-state index in [-0.39, 0.29) is 23.7 Å². The average Bonchev–Trinajstić information content (AvgIpc) is 2.93. The number of halogens is 1. The number of benzene rings is 1. The van der Waals surface area contributed by atoms with Crippen LogP contribution < -0.4 is 0 Å². The maximum Gasteiger partial charge on any atom is 0.222 e. The topological polar surface area (TPSA) is 58.4 Å². The number of hydrogen-bond acceptors (Lipinski definition) is 3. The molecular formula is C22H30FN3O2. The normalized spacial score (nSPS) is 19.8. The summed E-state index contributed by atoms with van der Waals surface area (Å²) in [6.45, 7) is 5.31. The molecular weight excluding hydrogens is 357 g/mol. The monoisotopic (exact) mass is 387 g/mol. The number of aromatic nitrogens is 2. The number of aryl methyl sites for hydroxylation is 2. The van der Waals surface area contributed by atoms with Crippen molar-refractivity contribution in [3.8, 4) is 0 Å². The quantitative estimate of drug-likeness (QED) is 0.829. The highest BCUT2D eigenvalue weighted by Gasteiger charge is 2.36. The van der Waals surface area contributed by atoms with Crippen molar-refractivity contribution in [2.24, 2.45) is 12.5 Å². The van der Waals surface area contributed by atoms with Crippen molar-refractivity contribution in [2.45, 2.75) is 46.0 Å². The molecule has 6 heteroatoms. The van der Waals surface area contributed by atoms with Crippen LogP contribution in [0.25, 0.3) is 0 Å². The van der Waals surface area contributed by atoms with Gasteiger partial charge in [-0.05, 0) is 62.8 Å². The maximum atomic E-state index is 13.2. The van der Waals surface area contributed by atoms with Gasteiger partial charge in [-0.15, -0.1) is 0 Å². The number of aliphatic hydroxyl groups excluding tert-OH is 1. The molecule has 3 rings (SSSR count). The molecule has 0 bridgehead atoms. The third-order valence-electron chi connectivity index (χ3n) is 6.09. The molecule has 1 saturated heterocycles. The second-order valence-corrected chi connectivity index (χ2v) is 8.15. The number of aliphatic hydroxyl groups is 1. The number of carbonyl (C=O) groups is 1. The fourth-order valence-corrected chi connectivity index (χ4v) is 4.35. The Hall–Kier alpha value is -2.21. The van der Waals surface area contributed by atoms with Crippen molar-refractivity contribution in [3.63, 3.8) is 0 Å². The van der Waals surface area contributed by atoms with Crippen LogP contribution in [0.5, 0.6) is 0 Å². The number of nitrogens with zero attached hydrogens (tertiary/aromatic N) is 3. The van der Waals surface area contributed by atoms with Gasteiger partial charge in [0.15, 0.2) is 0 Å². The lowest BCUT2D eigenvalue weighted by atomic mass is 9.75. The van der Waals surface area contributed by atoms with Gasteiger partial charge >= 0.3 is 0 Å². The van der Waals surface area contributed by atoms with Crippen LogP contribution in [0.2, 0.25) is 0 Å². The van der Waals surface area contributed by atoms with Crippen molar-refractivity contribution >= 4 is 5.91 Å². The van der Waals surface area contributed by atoms with E-state index in [2.05, 4.69) is 5.10 Å². The third kappa shape index (κ3) is 4.43. The predicted octanol–water partition coefficient (Wildman–Crippen LogP) is 2.95. The van der Waals surface area contributed by atoms with Crippen LogP contribution >= 0.6 is 0 Å². The maximum absolute atomic E-state index is 13.2. The molecule has 1 aromatic carbocycles. The Kier molecular flexibility index (Phi) is 6.18. The number of amides is 1. The zero-order valence-corrected chi connectivity index (χ0v) is 17.0.